The molecule has 0 radical (unpaired) electrons. The second kappa shape index (κ2) is 4.97. The van der Waals surface area contributed by atoms with E-state index in [2.05, 4.69) is 15.4 Å². The van der Waals surface area contributed by atoms with Crippen LogP contribution in [0.25, 0.3) is 0 Å². The van der Waals surface area contributed by atoms with Crippen molar-refractivity contribution < 1.29 is 13.7 Å². The zero-order valence-electron chi connectivity index (χ0n) is 8.84. The van der Waals surface area contributed by atoms with Gasteiger partial charge in [-0.05, 0) is 0 Å². The van der Waals surface area contributed by atoms with Gasteiger partial charge in [-0.25, -0.2) is 5.84 Å². The molecule has 2 rings (SSSR count). The number of nitrogens with one attached hydrogen (secondary N) is 1. The van der Waals surface area contributed by atoms with E-state index in [1.807, 2.05) is 5.43 Å². The highest BCUT2D eigenvalue weighted by Gasteiger charge is 2.12. The Kier molecular flexibility index (Phi) is 3.40. The summed E-state index contributed by atoms with van der Waals surface area (Å²) in [6.45, 7) is 1.70. The fraction of sp³-hybridized carbons (Fsp3) is 0.250. The molecule has 0 aliphatic heterocycles. The predicted octanol–water partition coefficient (Wildman–Crippen LogP) is 0.262. The number of thioether (sulfide) groups is 1. The van der Waals surface area contributed by atoms with E-state index in [1.165, 1.54) is 17.8 Å². The van der Waals surface area contributed by atoms with Crippen molar-refractivity contribution in [1.29, 1.82) is 0 Å². The maximum absolute atomic E-state index is 11.1. The van der Waals surface area contributed by atoms with E-state index >= 15 is 0 Å². The standard InChI is InChI=1S/C8H9N5O3S/c1-4-11-12-8(15-4)17-3-5-2-6(13-16-5)7(14)10-9/h2H,3,9H2,1H3,(H,10,14). The average Bonchev–Trinajstić information content (AvgIpc) is 2.94. The lowest BCUT2D eigenvalue weighted by atomic mass is 10.4. The number of nitrogens with two attached hydrogens (primary N) is 1. The molecule has 17 heavy (non-hydrogen) atoms. The van der Waals surface area contributed by atoms with Gasteiger partial charge in [0.25, 0.3) is 11.1 Å². The van der Waals surface area contributed by atoms with Crippen molar-refractivity contribution in [3.05, 3.63) is 23.4 Å². The quantitative estimate of drug-likeness (QED) is 0.345. The van der Waals surface area contributed by atoms with Gasteiger partial charge in [-0.1, -0.05) is 16.9 Å². The van der Waals surface area contributed by atoms with Crippen LogP contribution in [0.4, 0.5) is 0 Å². The summed E-state index contributed by atoms with van der Waals surface area (Å²) in [6, 6.07) is 1.50. The minimum atomic E-state index is -0.501. The fourth-order valence-corrected chi connectivity index (χ4v) is 1.71. The number of hydrogen-bond donors (Lipinski definition) is 2. The van der Waals surface area contributed by atoms with E-state index < -0.39 is 5.91 Å². The van der Waals surface area contributed by atoms with E-state index in [9.17, 15) is 4.79 Å². The molecule has 3 N–H and O–H groups in total. The van der Waals surface area contributed by atoms with Gasteiger partial charge in [0.05, 0.1) is 5.75 Å². The first kappa shape index (κ1) is 11.6. The molecule has 0 saturated carbocycles. The fourth-order valence-electron chi connectivity index (χ4n) is 1.03. The second-order valence-electron chi connectivity index (χ2n) is 3.03. The Hall–Kier alpha value is -1.87. The molecule has 90 valence electrons. The van der Waals surface area contributed by atoms with Gasteiger partial charge in [0.1, 0.15) is 5.76 Å². The Morgan fingerprint density at radius 2 is 2.41 bits per heavy atom. The lowest BCUT2D eigenvalue weighted by molar-refractivity contribution is 0.0944. The highest BCUT2D eigenvalue weighted by Crippen LogP contribution is 2.21. The number of carbonyl (C=O) groups is 1. The zero-order valence-corrected chi connectivity index (χ0v) is 9.65. The van der Waals surface area contributed by atoms with Crippen molar-refractivity contribution in [3.8, 4) is 0 Å². The number of nitrogens with zero attached hydrogens (tertiary/aromatic N) is 3. The maximum atomic E-state index is 11.1. The number of nitrogen functional groups attached to an aromatic ring is 1. The molecule has 0 aliphatic rings. The summed E-state index contributed by atoms with van der Waals surface area (Å²) in [4.78, 5) is 11.1. The van der Waals surface area contributed by atoms with E-state index in [0.29, 0.717) is 22.6 Å². The predicted molar refractivity (Wildman–Crippen MR) is 56.8 cm³/mol. The third kappa shape index (κ3) is 2.82. The molecule has 0 aliphatic carbocycles. The van der Waals surface area contributed by atoms with E-state index in [1.54, 1.807) is 6.92 Å². The molecule has 8 nitrogen and oxygen atoms in total. The van der Waals surface area contributed by atoms with Gasteiger partial charge in [0.2, 0.25) is 5.89 Å². The Morgan fingerprint density at radius 3 is 3.06 bits per heavy atom. The summed E-state index contributed by atoms with van der Waals surface area (Å²) in [5.41, 5.74) is 2.09. The lowest BCUT2D eigenvalue weighted by Gasteiger charge is -1.90. The molecule has 0 bridgehead atoms. The largest absolute Gasteiger partial charge is 0.416 e. The molecule has 1 amide bonds. The summed E-state index contributed by atoms with van der Waals surface area (Å²) in [5, 5.41) is 11.5. The number of hydrogen-bond acceptors (Lipinski definition) is 8. The molecule has 9 heteroatoms. The summed E-state index contributed by atoms with van der Waals surface area (Å²) in [5.74, 6) is 5.91. The molecular weight excluding hydrogens is 246 g/mol. The van der Waals surface area contributed by atoms with Crippen LogP contribution in [0.3, 0.4) is 0 Å². The third-order valence-electron chi connectivity index (χ3n) is 1.77. The van der Waals surface area contributed by atoms with Crippen LogP contribution in [0.1, 0.15) is 22.1 Å². The van der Waals surface area contributed by atoms with Crippen LogP contribution < -0.4 is 11.3 Å². The molecule has 0 unspecified atom stereocenters. The average molecular weight is 255 g/mol. The highest BCUT2D eigenvalue weighted by atomic mass is 32.2. The first-order valence-corrected chi connectivity index (χ1v) is 5.57. The van der Waals surface area contributed by atoms with Crippen LogP contribution in [-0.2, 0) is 5.75 Å². The summed E-state index contributed by atoms with van der Waals surface area (Å²) in [7, 11) is 0. The molecular formula is C8H9N5O3S. The first-order chi connectivity index (χ1) is 8.19. The van der Waals surface area contributed by atoms with Gasteiger partial charge in [0.15, 0.2) is 5.69 Å². The molecule has 0 spiro atoms. The maximum Gasteiger partial charge on any atom is 0.287 e. The number of rotatable bonds is 4. The van der Waals surface area contributed by atoms with Crippen molar-refractivity contribution in [1.82, 2.24) is 20.8 Å². The lowest BCUT2D eigenvalue weighted by Crippen LogP contribution is -2.30. The van der Waals surface area contributed by atoms with Gasteiger partial charge in [-0.15, -0.1) is 10.2 Å². The molecule has 0 saturated heterocycles. The minimum absolute atomic E-state index is 0.129. The smallest absolute Gasteiger partial charge is 0.287 e. The summed E-state index contributed by atoms with van der Waals surface area (Å²) >= 11 is 1.29. The molecule has 2 aromatic rings. The van der Waals surface area contributed by atoms with Crippen molar-refractivity contribution in [2.75, 3.05) is 0 Å². The van der Waals surface area contributed by atoms with Gasteiger partial charge in [0, 0.05) is 13.0 Å². The van der Waals surface area contributed by atoms with Crippen LogP contribution in [0.2, 0.25) is 0 Å². The Bertz CT molecular complexity index is 523. The van der Waals surface area contributed by atoms with Crippen LogP contribution in [-0.4, -0.2) is 21.3 Å². The number of carbonyl (C=O) groups excluding carboxylic acids is 1. The molecule has 2 aromatic heterocycles. The Balaban J connectivity index is 1.95. The van der Waals surface area contributed by atoms with Gasteiger partial charge in [-0.3, -0.25) is 10.2 Å². The molecule has 0 fully saturated rings. The Labute approximate surface area is 99.9 Å². The van der Waals surface area contributed by atoms with Crippen LogP contribution in [0.5, 0.6) is 0 Å². The minimum Gasteiger partial charge on any atom is -0.416 e. The molecule has 0 aromatic carbocycles. The summed E-state index contributed by atoms with van der Waals surface area (Å²) in [6.07, 6.45) is 0. The second-order valence-corrected chi connectivity index (χ2v) is 3.95. The van der Waals surface area contributed by atoms with Gasteiger partial charge >= 0.3 is 0 Å². The molecule has 0 atom stereocenters. The first-order valence-electron chi connectivity index (χ1n) is 4.58. The van der Waals surface area contributed by atoms with E-state index in [0.717, 1.165) is 0 Å². The van der Waals surface area contributed by atoms with E-state index in [-0.39, 0.29) is 5.69 Å². The van der Waals surface area contributed by atoms with Crippen LogP contribution >= 0.6 is 11.8 Å². The highest BCUT2D eigenvalue weighted by molar-refractivity contribution is 7.98. The van der Waals surface area contributed by atoms with Crippen molar-refractivity contribution in [2.45, 2.75) is 17.9 Å². The van der Waals surface area contributed by atoms with Gasteiger partial charge in [-0.2, -0.15) is 0 Å². The van der Waals surface area contributed by atoms with E-state index in [4.69, 9.17) is 14.8 Å². The number of amides is 1. The van der Waals surface area contributed by atoms with Crippen LogP contribution in [0.15, 0.2) is 20.2 Å². The number of aryl methyl sites for hydroxylation is 1. The Morgan fingerprint density at radius 1 is 1.59 bits per heavy atom. The van der Waals surface area contributed by atoms with Crippen molar-refractivity contribution >= 4 is 17.7 Å². The van der Waals surface area contributed by atoms with Crippen molar-refractivity contribution in [2.24, 2.45) is 5.84 Å². The third-order valence-corrected chi connectivity index (χ3v) is 2.61. The number of aromatic nitrogens is 3. The number of hydrazine groups is 1. The zero-order chi connectivity index (χ0) is 12.3. The van der Waals surface area contributed by atoms with Crippen LogP contribution in [0, 0.1) is 6.92 Å². The topological polar surface area (TPSA) is 120 Å². The van der Waals surface area contributed by atoms with Crippen molar-refractivity contribution in [3.63, 3.8) is 0 Å². The normalized spacial score (nSPS) is 10.5. The molecule has 2 heterocycles. The summed E-state index contributed by atoms with van der Waals surface area (Å²) < 4.78 is 10.1. The monoisotopic (exact) mass is 255 g/mol. The van der Waals surface area contributed by atoms with Gasteiger partial charge < -0.3 is 8.94 Å². The SMILES string of the molecule is Cc1nnc(SCc2cc(C(=O)NN)no2)o1.